The number of aromatic nitrogens is 2. The second kappa shape index (κ2) is 13.7. The molecule has 2 heterocycles. The topological polar surface area (TPSA) is 92.6 Å². The molecule has 0 spiro atoms. The highest BCUT2D eigenvalue weighted by molar-refractivity contribution is 8.00. The Balaban J connectivity index is 1.51. The summed E-state index contributed by atoms with van der Waals surface area (Å²) in [4.78, 5) is 28.3. The minimum Gasteiger partial charge on any atom is -0.507 e. The van der Waals surface area contributed by atoms with E-state index < -0.39 is 17.7 Å². The van der Waals surface area contributed by atoms with Gasteiger partial charge in [-0.05, 0) is 66.1 Å². The zero-order chi connectivity index (χ0) is 29.6. The molecule has 7 nitrogen and oxygen atoms in total. The van der Waals surface area contributed by atoms with Gasteiger partial charge >= 0.3 is 5.91 Å². The highest BCUT2D eigenvalue weighted by Gasteiger charge is 2.48. The molecule has 216 valence electrons. The summed E-state index contributed by atoms with van der Waals surface area (Å²) in [6.45, 7) is 2.67. The van der Waals surface area contributed by atoms with Crippen molar-refractivity contribution in [2.24, 2.45) is 0 Å². The van der Waals surface area contributed by atoms with Crippen LogP contribution in [0.25, 0.3) is 5.76 Å². The monoisotopic (exact) mass is 639 g/mol. The lowest BCUT2D eigenvalue weighted by molar-refractivity contribution is -0.132. The first-order valence-corrected chi connectivity index (χ1v) is 15.9. The maximum absolute atomic E-state index is 13.5. The molecule has 1 N–H and O–H groups in total. The third kappa shape index (κ3) is 6.81. The van der Waals surface area contributed by atoms with E-state index in [-0.39, 0.29) is 16.5 Å². The number of ether oxygens (including phenoxy) is 1. The van der Waals surface area contributed by atoms with Crippen molar-refractivity contribution in [1.29, 1.82) is 0 Å². The number of carbonyl (C=O) groups is 2. The van der Waals surface area contributed by atoms with Gasteiger partial charge in [-0.1, -0.05) is 90.3 Å². The van der Waals surface area contributed by atoms with Crippen LogP contribution in [0.2, 0.25) is 10.0 Å². The van der Waals surface area contributed by atoms with E-state index in [1.54, 1.807) is 42.5 Å². The standard InChI is InChI=1S/C31H27Cl2N3O4S2/c1-2-3-4-16-40-24-7-5-6-21(17-24)26-25(27(37)20-10-14-23(33)15-11-20)28(38)29(39)36(26)30-34-35-31(42-30)41-18-19-8-12-22(32)13-9-19/h5-15,17,26,37H,2-4,16,18H2,1H3/b27-25+. The number of amides is 1. The van der Waals surface area contributed by atoms with Crippen molar-refractivity contribution in [3.63, 3.8) is 0 Å². The minimum absolute atomic E-state index is 0.0453. The molecule has 1 atom stereocenters. The van der Waals surface area contributed by atoms with Gasteiger partial charge in [-0.25, -0.2) is 0 Å². The highest BCUT2D eigenvalue weighted by Crippen LogP contribution is 2.44. The zero-order valence-corrected chi connectivity index (χ0v) is 25.8. The fraction of sp³-hybridized carbons (Fsp3) is 0.226. The first kappa shape index (κ1) is 30.1. The predicted molar refractivity (Wildman–Crippen MR) is 169 cm³/mol. The van der Waals surface area contributed by atoms with Crippen LogP contribution in [0.5, 0.6) is 5.75 Å². The molecule has 1 amide bonds. The van der Waals surface area contributed by atoms with E-state index in [2.05, 4.69) is 17.1 Å². The maximum atomic E-state index is 13.5. The summed E-state index contributed by atoms with van der Waals surface area (Å²) in [6, 6.07) is 20.2. The van der Waals surface area contributed by atoms with Crippen LogP contribution < -0.4 is 9.64 Å². The number of aliphatic hydroxyl groups is 1. The Labute approximate surface area is 262 Å². The van der Waals surface area contributed by atoms with Gasteiger partial charge < -0.3 is 9.84 Å². The molecule has 0 radical (unpaired) electrons. The molecular formula is C31H27Cl2N3O4S2. The number of benzene rings is 3. The number of thioether (sulfide) groups is 1. The number of ketones is 1. The number of carbonyl (C=O) groups excluding carboxylic acids is 2. The first-order valence-electron chi connectivity index (χ1n) is 13.4. The summed E-state index contributed by atoms with van der Waals surface area (Å²) in [7, 11) is 0. The van der Waals surface area contributed by atoms with E-state index in [0.29, 0.717) is 43.6 Å². The van der Waals surface area contributed by atoms with Gasteiger partial charge in [-0.15, -0.1) is 10.2 Å². The molecule has 42 heavy (non-hydrogen) atoms. The van der Waals surface area contributed by atoms with Crippen molar-refractivity contribution in [3.05, 3.63) is 105 Å². The van der Waals surface area contributed by atoms with Crippen LogP contribution in [0.1, 0.15) is 48.9 Å². The lowest BCUT2D eigenvalue weighted by Gasteiger charge is -2.23. The third-order valence-corrected chi connectivity index (χ3v) is 9.26. The first-order chi connectivity index (χ1) is 20.4. The van der Waals surface area contributed by atoms with Crippen molar-refractivity contribution in [2.45, 2.75) is 42.3 Å². The normalized spacial score (nSPS) is 16.3. The zero-order valence-electron chi connectivity index (χ0n) is 22.6. The van der Waals surface area contributed by atoms with E-state index in [0.717, 1.165) is 24.8 Å². The summed E-state index contributed by atoms with van der Waals surface area (Å²) in [5.41, 5.74) is 1.98. The molecule has 1 aromatic heterocycles. The Morgan fingerprint density at radius 3 is 2.43 bits per heavy atom. The number of hydrogen-bond donors (Lipinski definition) is 1. The average molecular weight is 641 g/mol. The molecule has 3 aromatic carbocycles. The molecule has 0 bridgehead atoms. The Morgan fingerprint density at radius 2 is 1.71 bits per heavy atom. The van der Waals surface area contributed by atoms with E-state index in [1.165, 1.54) is 28.0 Å². The molecular weight excluding hydrogens is 613 g/mol. The number of halogens is 2. The van der Waals surface area contributed by atoms with Gasteiger partial charge in [0.2, 0.25) is 5.13 Å². The van der Waals surface area contributed by atoms with Crippen LogP contribution in [0.15, 0.2) is 82.7 Å². The van der Waals surface area contributed by atoms with Crippen molar-refractivity contribution < 1.29 is 19.4 Å². The summed E-state index contributed by atoms with van der Waals surface area (Å²) in [5, 5.41) is 21.3. The van der Waals surface area contributed by atoms with E-state index >= 15 is 0 Å². The second-order valence-electron chi connectivity index (χ2n) is 9.57. The van der Waals surface area contributed by atoms with Gasteiger partial charge in [0.05, 0.1) is 18.2 Å². The minimum atomic E-state index is -0.943. The number of aliphatic hydroxyl groups excluding tert-OH is 1. The predicted octanol–water partition coefficient (Wildman–Crippen LogP) is 8.33. The van der Waals surface area contributed by atoms with Crippen LogP contribution in [-0.4, -0.2) is 33.6 Å². The quantitative estimate of drug-likeness (QED) is 0.0440. The third-order valence-electron chi connectivity index (χ3n) is 6.63. The number of hydrogen-bond acceptors (Lipinski definition) is 8. The number of unbranched alkanes of at least 4 members (excludes halogenated alkanes) is 2. The Kier molecular flexibility index (Phi) is 9.84. The van der Waals surface area contributed by atoms with E-state index in [1.807, 2.05) is 30.3 Å². The lowest BCUT2D eigenvalue weighted by atomic mass is 9.95. The van der Waals surface area contributed by atoms with E-state index in [4.69, 9.17) is 27.9 Å². The molecule has 1 aliphatic heterocycles. The molecule has 5 rings (SSSR count). The largest absolute Gasteiger partial charge is 0.507 e. The molecule has 1 fully saturated rings. The van der Waals surface area contributed by atoms with Crippen LogP contribution >= 0.6 is 46.3 Å². The molecule has 1 unspecified atom stereocenters. The smallest absolute Gasteiger partial charge is 0.301 e. The number of anilines is 1. The van der Waals surface area contributed by atoms with Gasteiger partial charge in [0, 0.05) is 21.4 Å². The Morgan fingerprint density at radius 1 is 1.00 bits per heavy atom. The van der Waals surface area contributed by atoms with Crippen molar-refractivity contribution in [1.82, 2.24) is 10.2 Å². The number of rotatable bonds is 11. The average Bonchev–Trinajstić information content (AvgIpc) is 3.57. The SMILES string of the molecule is CCCCCOc1cccc(C2/C(=C(\O)c3ccc(Cl)cc3)C(=O)C(=O)N2c2nnc(SCc3ccc(Cl)cc3)s2)c1. The van der Waals surface area contributed by atoms with Crippen LogP contribution in [0.4, 0.5) is 5.13 Å². The highest BCUT2D eigenvalue weighted by atomic mass is 35.5. The summed E-state index contributed by atoms with van der Waals surface area (Å²) < 4.78 is 6.59. The molecule has 0 aliphatic carbocycles. The summed E-state index contributed by atoms with van der Waals surface area (Å²) in [5.74, 6) is -0.671. The molecule has 1 aliphatic rings. The maximum Gasteiger partial charge on any atom is 0.301 e. The molecule has 11 heteroatoms. The summed E-state index contributed by atoms with van der Waals surface area (Å²) in [6.07, 6.45) is 3.04. The molecule has 4 aromatic rings. The van der Waals surface area contributed by atoms with Gasteiger partial charge in [0.15, 0.2) is 4.34 Å². The Hall–Kier alpha value is -3.37. The van der Waals surface area contributed by atoms with Crippen LogP contribution in [-0.2, 0) is 15.3 Å². The number of nitrogens with zero attached hydrogens (tertiary/aromatic N) is 3. The Bertz CT molecular complexity index is 1610. The fourth-order valence-electron chi connectivity index (χ4n) is 4.51. The van der Waals surface area contributed by atoms with Crippen molar-refractivity contribution in [2.75, 3.05) is 11.5 Å². The van der Waals surface area contributed by atoms with Gasteiger partial charge in [0.1, 0.15) is 11.5 Å². The number of Topliss-reactive ketones (excluding diaryl/α,β-unsaturated/α-hetero) is 1. The fourth-order valence-corrected chi connectivity index (χ4v) is 6.58. The molecule has 1 saturated heterocycles. The lowest BCUT2D eigenvalue weighted by Crippen LogP contribution is -2.29. The van der Waals surface area contributed by atoms with Gasteiger partial charge in [-0.3, -0.25) is 14.5 Å². The molecule has 0 saturated carbocycles. The van der Waals surface area contributed by atoms with Crippen LogP contribution in [0, 0.1) is 0 Å². The van der Waals surface area contributed by atoms with Gasteiger partial charge in [-0.2, -0.15) is 0 Å². The van der Waals surface area contributed by atoms with Crippen molar-refractivity contribution in [3.8, 4) is 5.75 Å². The van der Waals surface area contributed by atoms with E-state index in [9.17, 15) is 14.7 Å². The summed E-state index contributed by atoms with van der Waals surface area (Å²) >= 11 is 14.7. The van der Waals surface area contributed by atoms with Crippen molar-refractivity contribution >= 4 is 68.9 Å². The second-order valence-corrected chi connectivity index (χ2v) is 12.6. The van der Waals surface area contributed by atoms with Crippen LogP contribution in [0.3, 0.4) is 0 Å². The van der Waals surface area contributed by atoms with Gasteiger partial charge in [0.25, 0.3) is 5.78 Å².